The summed E-state index contributed by atoms with van der Waals surface area (Å²) in [7, 11) is 3.18. The van der Waals surface area contributed by atoms with Crippen LogP contribution in [0, 0.1) is 0 Å². The molecule has 28 valence electrons. The van der Waals surface area contributed by atoms with Crippen molar-refractivity contribution in [3.63, 3.8) is 0 Å². The van der Waals surface area contributed by atoms with Crippen molar-refractivity contribution in [2.75, 3.05) is 6.66 Å². The van der Waals surface area contributed by atoms with Gasteiger partial charge in [0.1, 0.15) is 0 Å². The van der Waals surface area contributed by atoms with E-state index in [0.29, 0.717) is 0 Å². The van der Waals surface area contributed by atoms with Gasteiger partial charge < -0.3 is 0 Å². The molecule has 0 spiro atoms. The Hall–Kier alpha value is 1.31. The van der Waals surface area contributed by atoms with Crippen molar-refractivity contribution >= 4 is 44.1 Å². The van der Waals surface area contributed by atoms with E-state index in [4.69, 9.17) is 0 Å². The van der Waals surface area contributed by atoms with Crippen LogP contribution < -0.4 is 0 Å². The van der Waals surface area contributed by atoms with E-state index >= 15 is 0 Å². The first kappa shape index (κ1) is 6.31. The van der Waals surface area contributed by atoms with Crippen LogP contribution in [0.1, 0.15) is 0 Å². The maximum atomic E-state index is 2.22. The molecule has 0 aliphatic carbocycles. The van der Waals surface area contributed by atoms with Gasteiger partial charge in [-0.1, -0.05) is 0 Å². The normalized spacial score (nSPS) is 6.80. The number of halogens is 1. The molecule has 0 unspecified atom stereocenters. The molecule has 0 saturated carbocycles. The van der Waals surface area contributed by atoms with E-state index in [9.17, 15) is 0 Å². The Labute approximate surface area is 50.7 Å². The summed E-state index contributed by atoms with van der Waals surface area (Å²) in [6.07, 6.45) is 0. The molecule has 0 N–H and O–H groups in total. The molecule has 0 atom stereocenters. The van der Waals surface area contributed by atoms with Crippen LogP contribution in [0.5, 0.6) is 0 Å². The van der Waals surface area contributed by atoms with Crippen LogP contribution in [0.25, 0.3) is 0 Å². The van der Waals surface area contributed by atoms with Crippen molar-refractivity contribution in [2.24, 2.45) is 0 Å². The second-order valence-corrected chi connectivity index (χ2v) is 4.38. The second kappa shape index (κ2) is 5.31. The van der Waals surface area contributed by atoms with E-state index in [1.165, 1.54) is 7.36 Å². The Balaban J connectivity index is 3.26. The van der Waals surface area contributed by atoms with Crippen molar-refractivity contribution in [3.8, 4) is 0 Å². The van der Waals surface area contributed by atoms with Gasteiger partial charge in [0.15, 0.2) is 0 Å². The van der Waals surface area contributed by atoms with Gasteiger partial charge in [-0.05, 0) is 0 Å². The average molecular weight is 216 g/mol. The van der Waals surface area contributed by atoms with E-state index in [2.05, 4.69) is 33.1 Å². The zero-order valence-electron chi connectivity index (χ0n) is 2.81. The Morgan fingerprint density at radius 3 is 2.60 bits per heavy atom. The Bertz CT molecular complexity index is 60.0. The minimum atomic E-state index is 1.38. The van der Waals surface area contributed by atoms with Gasteiger partial charge >= 0.3 is 50.8 Å². The van der Waals surface area contributed by atoms with Crippen molar-refractivity contribution in [1.82, 2.24) is 0 Å². The Morgan fingerprint density at radius 1 is 2.00 bits per heavy atom. The Morgan fingerprint density at radius 2 is 2.60 bits per heavy atom. The molecule has 0 nitrogen and oxygen atoms in total. The third kappa shape index (κ3) is 5.31. The first-order valence-electron chi connectivity index (χ1n) is 1.08. The van der Waals surface area contributed by atoms with Gasteiger partial charge in [-0.3, -0.25) is 0 Å². The van der Waals surface area contributed by atoms with Gasteiger partial charge in [0.2, 0.25) is 0 Å². The minimum absolute atomic E-state index is 1.38. The molecule has 0 aromatic carbocycles. The summed E-state index contributed by atoms with van der Waals surface area (Å²) in [5.41, 5.74) is 0. The van der Waals surface area contributed by atoms with Gasteiger partial charge in [0.05, 0.1) is 0 Å². The van der Waals surface area contributed by atoms with E-state index < -0.39 is 0 Å². The van der Waals surface area contributed by atoms with Gasteiger partial charge in [-0.25, -0.2) is 0 Å². The summed E-state index contributed by atoms with van der Waals surface area (Å²) in [5.74, 6) is 0. The van der Waals surface area contributed by atoms with E-state index in [1.807, 2.05) is 0 Å². The first-order valence-corrected chi connectivity index (χ1v) is 5.16. The average Bonchev–Trinajstić information content (AvgIpc) is 1.41. The second-order valence-electron chi connectivity index (χ2n) is 0.377. The monoisotopic (exact) mass is 216 g/mol. The quantitative estimate of drug-likeness (QED) is 0.327. The summed E-state index contributed by atoms with van der Waals surface area (Å²) in [4.78, 5) is 0. The molecule has 0 saturated heterocycles. The van der Waals surface area contributed by atoms with Crippen LogP contribution in [-0.2, 0) is 10.4 Å². The summed E-state index contributed by atoms with van der Waals surface area (Å²) < 4.78 is 2.05. The summed E-state index contributed by atoms with van der Waals surface area (Å²) in [5, 5.41) is 0. The molecule has 0 heterocycles. The van der Waals surface area contributed by atoms with Crippen molar-refractivity contribution < 1.29 is 0 Å². The topological polar surface area (TPSA) is 0 Å². The third-order valence-corrected chi connectivity index (χ3v) is 3.35. The molecule has 0 amide bonds. The van der Waals surface area contributed by atoms with E-state index in [1.54, 1.807) is 10.4 Å². The summed E-state index contributed by atoms with van der Waals surface area (Å²) in [6.45, 7) is 2.11. The first-order chi connectivity index (χ1) is 2.41. The molecule has 0 aliphatic rings. The molecule has 5 heavy (non-hydrogen) atoms. The van der Waals surface area contributed by atoms with Crippen molar-refractivity contribution in [2.45, 2.75) is 0 Å². The van der Waals surface area contributed by atoms with Crippen molar-refractivity contribution in [1.29, 1.82) is 0 Å². The molecule has 0 bridgehead atoms. The fraction of sp³-hybridized carbons (Fsp3) is 1.00. The Kier molecular flexibility index (Phi) is 6.71. The van der Waals surface area contributed by atoms with Gasteiger partial charge in [-0.2, -0.15) is 0 Å². The van der Waals surface area contributed by atoms with Crippen LogP contribution >= 0.6 is 29.7 Å². The third-order valence-electron chi connectivity index (χ3n) is 0.145. The predicted molar refractivity (Wildman–Crippen MR) is 40.0 cm³/mol. The molecule has 0 fully saturated rings. The van der Waals surface area contributed by atoms with Crippen LogP contribution in [0.4, 0.5) is 0 Å². The molecule has 0 radical (unpaired) electrons. The fourth-order valence-electron chi connectivity index (χ4n) is 0.0398. The number of rotatable bonds is 0. The zero-order chi connectivity index (χ0) is 4.12. The molecule has 0 aromatic heterocycles. The standard InChI is InChI=1S/CH3BIPS/c1-4-5-2-3/h1H3. The van der Waals surface area contributed by atoms with Crippen LogP contribution in [0.15, 0.2) is 0 Å². The summed E-state index contributed by atoms with van der Waals surface area (Å²) in [6, 6.07) is 0. The fourth-order valence-corrected chi connectivity index (χ4v) is 2.41. The maximum absolute atomic E-state index is 2.22. The van der Waals surface area contributed by atoms with E-state index in [0.717, 1.165) is 0 Å². The predicted octanol–water partition coefficient (Wildman–Crippen LogP) is 1.53. The SMILES string of the molecule is CP=S=BI. The molecule has 0 rings (SSSR count). The molecular formula is CH3BIPS. The van der Waals surface area contributed by atoms with Crippen molar-refractivity contribution in [3.05, 3.63) is 0 Å². The molecule has 0 aliphatic heterocycles. The van der Waals surface area contributed by atoms with Crippen LogP contribution in [-0.4, -0.2) is 10.7 Å². The number of hydrogen-bond donors (Lipinski definition) is 0. The molecule has 4 heteroatoms. The van der Waals surface area contributed by atoms with Gasteiger partial charge in [0.25, 0.3) is 0 Å². The number of hydrogen-bond acceptors (Lipinski definition) is 0. The molecule has 0 aromatic rings. The van der Waals surface area contributed by atoms with Gasteiger partial charge in [0, 0.05) is 0 Å². The van der Waals surface area contributed by atoms with E-state index in [-0.39, 0.29) is 0 Å². The zero-order valence-corrected chi connectivity index (χ0v) is 6.68. The van der Waals surface area contributed by atoms with Crippen LogP contribution in [0.2, 0.25) is 0 Å². The van der Waals surface area contributed by atoms with Crippen LogP contribution in [0.3, 0.4) is 0 Å². The molecular weight excluding hydrogens is 213 g/mol. The van der Waals surface area contributed by atoms with Gasteiger partial charge in [-0.15, -0.1) is 0 Å². The summed E-state index contributed by atoms with van der Waals surface area (Å²) >= 11 is 2.22.